The lowest BCUT2D eigenvalue weighted by Gasteiger charge is -2.35. The second-order valence-corrected chi connectivity index (χ2v) is 6.28. The zero-order valence-corrected chi connectivity index (χ0v) is 14.1. The van der Waals surface area contributed by atoms with E-state index in [4.69, 9.17) is 4.74 Å². The summed E-state index contributed by atoms with van der Waals surface area (Å²) in [5, 5.41) is 9.10. The minimum Gasteiger partial charge on any atom is -0.480 e. The van der Waals surface area contributed by atoms with E-state index in [9.17, 15) is 4.79 Å². The molecule has 0 radical (unpaired) electrons. The van der Waals surface area contributed by atoms with Gasteiger partial charge in [0, 0.05) is 23.8 Å². The summed E-state index contributed by atoms with van der Waals surface area (Å²) in [4.78, 5) is 18.3. The minimum absolute atomic E-state index is 0.0394. The Labute approximate surface area is 145 Å². The average Bonchev–Trinajstić information content (AvgIpc) is 3.11. The molecule has 2 aromatic heterocycles. The summed E-state index contributed by atoms with van der Waals surface area (Å²) in [6.45, 7) is 0.729. The Morgan fingerprint density at radius 2 is 2.08 bits per heavy atom. The van der Waals surface area contributed by atoms with Crippen LogP contribution >= 0.6 is 0 Å². The number of fused-ring (bicyclic) bond motifs is 1. The fraction of sp³-hybridized carbons (Fsp3) is 0.316. The molecule has 1 N–H and O–H groups in total. The molecular weight excluding hydrogens is 316 g/mol. The van der Waals surface area contributed by atoms with Crippen LogP contribution in [0, 0.1) is 0 Å². The summed E-state index contributed by atoms with van der Waals surface area (Å²) >= 11 is 0. The number of aromatic nitrogens is 3. The molecule has 1 atom stereocenters. The van der Waals surface area contributed by atoms with E-state index < -0.39 is 0 Å². The number of para-hydroxylation sites is 1. The monoisotopic (exact) mass is 336 g/mol. The third-order valence-corrected chi connectivity index (χ3v) is 4.74. The molecule has 128 valence electrons. The maximum Gasteiger partial charge on any atom is 0.274 e. The van der Waals surface area contributed by atoms with Gasteiger partial charge < -0.3 is 14.6 Å². The Morgan fingerprint density at radius 1 is 1.20 bits per heavy atom. The zero-order valence-electron chi connectivity index (χ0n) is 14.1. The van der Waals surface area contributed by atoms with Gasteiger partial charge >= 0.3 is 0 Å². The van der Waals surface area contributed by atoms with Crippen LogP contribution in [0.15, 0.2) is 42.5 Å². The number of nitrogens with zero attached hydrogens (tertiary/aromatic N) is 3. The van der Waals surface area contributed by atoms with Gasteiger partial charge in [-0.3, -0.25) is 4.79 Å². The Hall–Kier alpha value is -2.89. The number of likely N-dealkylation sites (tertiary alicyclic amines) is 1. The van der Waals surface area contributed by atoms with Crippen molar-refractivity contribution in [3.63, 3.8) is 0 Å². The Morgan fingerprint density at radius 3 is 2.84 bits per heavy atom. The average molecular weight is 336 g/mol. The number of hydrogen-bond donors (Lipinski definition) is 1. The molecule has 1 aliphatic rings. The molecule has 0 saturated carbocycles. The lowest BCUT2D eigenvalue weighted by molar-refractivity contribution is 0.0599. The fourth-order valence-electron chi connectivity index (χ4n) is 3.46. The van der Waals surface area contributed by atoms with Crippen LogP contribution in [-0.4, -0.2) is 39.6 Å². The van der Waals surface area contributed by atoms with Gasteiger partial charge in [0.25, 0.3) is 5.91 Å². The van der Waals surface area contributed by atoms with Crippen molar-refractivity contribution in [1.82, 2.24) is 20.1 Å². The van der Waals surface area contributed by atoms with Gasteiger partial charge in [0.05, 0.1) is 13.2 Å². The Balaban J connectivity index is 1.64. The van der Waals surface area contributed by atoms with Crippen LogP contribution in [0.2, 0.25) is 0 Å². The van der Waals surface area contributed by atoms with E-state index >= 15 is 0 Å². The van der Waals surface area contributed by atoms with Gasteiger partial charge in [-0.15, -0.1) is 10.2 Å². The largest absolute Gasteiger partial charge is 0.480 e. The van der Waals surface area contributed by atoms with Gasteiger partial charge in [0.1, 0.15) is 0 Å². The van der Waals surface area contributed by atoms with Crippen LogP contribution in [0.4, 0.5) is 0 Å². The molecule has 3 aromatic rings. The molecule has 0 aliphatic carbocycles. The molecular formula is C19H20N4O2. The first-order valence-corrected chi connectivity index (χ1v) is 8.52. The second kappa shape index (κ2) is 6.55. The van der Waals surface area contributed by atoms with Gasteiger partial charge in [-0.2, -0.15) is 0 Å². The minimum atomic E-state index is -0.0847. The number of hydrogen-bond acceptors (Lipinski definition) is 4. The molecule has 0 spiro atoms. The number of ether oxygens (including phenoxy) is 1. The third-order valence-electron chi connectivity index (χ3n) is 4.74. The van der Waals surface area contributed by atoms with Crippen LogP contribution in [0.5, 0.6) is 5.88 Å². The molecule has 25 heavy (non-hydrogen) atoms. The summed E-state index contributed by atoms with van der Waals surface area (Å²) in [5.41, 5.74) is 2.53. The molecule has 1 unspecified atom stereocenters. The quantitative estimate of drug-likeness (QED) is 0.796. The molecule has 0 bridgehead atoms. The number of piperidine rings is 1. The molecule has 1 aliphatic heterocycles. The predicted molar refractivity (Wildman–Crippen MR) is 94.5 cm³/mol. The number of rotatable bonds is 3. The summed E-state index contributed by atoms with van der Waals surface area (Å²) in [6, 6.07) is 13.7. The van der Waals surface area contributed by atoms with Crippen molar-refractivity contribution in [2.75, 3.05) is 13.7 Å². The first kappa shape index (κ1) is 15.6. The second-order valence-electron chi connectivity index (χ2n) is 6.28. The van der Waals surface area contributed by atoms with E-state index in [2.05, 4.69) is 33.4 Å². The first-order valence-electron chi connectivity index (χ1n) is 8.52. The van der Waals surface area contributed by atoms with E-state index in [0.717, 1.165) is 37.0 Å². The molecule has 1 saturated heterocycles. The van der Waals surface area contributed by atoms with E-state index in [1.807, 2.05) is 17.0 Å². The molecule has 3 heterocycles. The van der Waals surface area contributed by atoms with Crippen molar-refractivity contribution >= 4 is 16.8 Å². The standard InChI is InChI=1S/C19H20N4O2/c1-25-18-10-9-15(21-22-18)19(24)23-11-5-4-8-17(23)16-12-13-6-2-3-7-14(13)20-16/h2-3,6-7,9-10,12,17,20H,4-5,8,11H2,1H3. The highest BCUT2D eigenvalue weighted by atomic mass is 16.5. The number of H-pyrrole nitrogens is 1. The van der Waals surface area contributed by atoms with Gasteiger partial charge in [-0.1, -0.05) is 18.2 Å². The molecule has 6 heteroatoms. The van der Waals surface area contributed by atoms with Gasteiger partial charge in [0.15, 0.2) is 5.69 Å². The Kier molecular flexibility index (Phi) is 4.09. The molecule has 6 nitrogen and oxygen atoms in total. The topological polar surface area (TPSA) is 71.1 Å². The Bertz CT molecular complexity index is 855. The van der Waals surface area contributed by atoms with Crippen molar-refractivity contribution in [2.24, 2.45) is 0 Å². The summed E-state index contributed by atoms with van der Waals surface area (Å²) in [5.74, 6) is 0.320. The third kappa shape index (κ3) is 2.95. The van der Waals surface area contributed by atoms with E-state index in [-0.39, 0.29) is 11.9 Å². The van der Waals surface area contributed by atoms with Gasteiger partial charge in [-0.25, -0.2) is 0 Å². The highest BCUT2D eigenvalue weighted by molar-refractivity contribution is 5.92. The zero-order chi connectivity index (χ0) is 17.2. The maximum atomic E-state index is 13.0. The van der Waals surface area contributed by atoms with Gasteiger partial charge in [-0.05, 0) is 42.8 Å². The highest BCUT2D eigenvalue weighted by Crippen LogP contribution is 2.33. The molecule has 1 aromatic carbocycles. The smallest absolute Gasteiger partial charge is 0.274 e. The van der Waals surface area contributed by atoms with Crippen LogP contribution < -0.4 is 4.74 Å². The SMILES string of the molecule is COc1ccc(C(=O)N2CCCCC2c2cc3ccccc3[nH]2)nn1. The van der Waals surface area contributed by atoms with Crippen molar-refractivity contribution < 1.29 is 9.53 Å². The van der Waals surface area contributed by atoms with Crippen molar-refractivity contribution in [3.8, 4) is 5.88 Å². The number of nitrogens with one attached hydrogen (secondary N) is 1. The molecule has 1 fully saturated rings. The lowest BCUT2D eigenvalue weighted by atomic mass is 9.98. The normalized spacial score (nSPS) is 17.6. The van der Waals surface area contributed by atoms with Crippen LogP contribution in [-0.2, 0) is 0 Å². The number of amides is 1. The number of carbonyl (C=O) groups excluding carboxylic acids is 1. The van der Waals surface area contributed by atoms with Crippen molar-refractivity contribution in [2.45, 2.75) is 25.3 Å². The van der Waals surface area contributed by atoms with Crippen molar-refractivity contribution in [3.05, 3.63) is 53.9 Å². The van der Waals surface area contributed by atoms with Crippen molar-refractivity contribution in [1.29, 1.82) is 0 Å². The summed E-state index contributed by atoms with van der Waals surface area (Å²) in [6.07, 6.45) is 3.06. The maximum absolute atomic E-state index is 13.0. The first-order chi connectivity index (χ1) is 12.3. The molecule has 1 amide bonds. The lowest BCUT2D eigenvalue weighted by Crippen LogP contribution is -2.39. The van der Waals surface area contributed by atoms with Crippen LogP contribution in [0.1, 0.15) is 41.5 Å². The molecule has 4 rings (SSSR count). The van der Waals surface area contributed by atoms with Gasteiger partial charge in [0.2, 0.25) is 5.88 Å². The number of methoxy groups -OCH3 is 1. The van der Waals surface area contributed by atoms with Crippen LogP contribution in [0.25, 0.3) is 10.9 Å². The fourth-order valence-corrected chi connectivity index (χ4v) is 3.46. The number of benzene rings is 1. The number of aromatic amines is 1. The van der Waals surface area contributed by atoms with Crippen LogP contribution in [0.3, 0.4) is 0 Å². The van der Waals surface area contributed by atoms with E-state index in [1.54, 1.807) is 12.1 Å². The van der Waals surface area contributed by atoms with E-state index in [1.165, 1.54) is 12.5 Å². The number of carbonyl (C=O) groups is 1. The van der Waals surface area contributed by atoms with E-state index in [0.29, 0.717) is 11.6 Å². The predicted octanol–water partition coefficient (Wildman–Crippen LogP) is 3.33. The summed E-state index contributed by atoms with van der Waals surface area (Å²) in [7, 11) is 1.53. The summed E-state index contributed by atoms with van der Waals surface area (Å²) < 4.78 is 5.02. The highest BCUT2D eigenvalue weighted by Gasteiger charge is 2.30.